The summed E-state index contributed by atoms with van der Waals surface area (Å²) in [4.78, 5) is 11.9. The largest absolute Gasteiger partial charge is 0.481 e. The summed E-state index contributed by atoms with van der Waals surface area (Å²) in [7, 11) is 0. The van der Waals surface area contributed by atoms with Crippen LogP contribution in [-0.2, 0) is 4.79 Å². The van der Waals surface area contributed by atoms with Gasteiger partial charge in [0.1, 0.15) is 5.75 Å². The van der Waals surface area contributed by atoms with E-state index in [-0.39, 0.29) is 5.91 Å². The molecule has 0 heterocycles. The van der Waals surface area contributed by atoms with Crippen LogP contribution in [0, 0.1) is 5.92 Å². The van der Waals surface area contributed by atoms with Gasteiger partial charge in [-0.05, 0) is 31.0 Å². The summed E-state index contributed by atoms with van der Waals surface area (Å²) in [6.07, 6.45) is 1.62. The molecule has 1 N–H and O–H groups in total. The fourth-order valence-electron chi connectivity index (χ4n) is 1.76. The second kappa shape index (κ2) is 8.05. The molecule has 0 fully saturated rings. The molecule has 0 saturated heterocycles. The maximum absolute atomic E-state index is 11.9. The summed E-state index contributed by atoms with van der Waals surface area (Å²) in [6, 6.07) is 7.06. The Hall–Kier alpha value is -1.22. The lowest BCUT2D eigenvalue weighted by molar-refractivity contribution is -0.127. The van der Waals surface area contributed by atoms with Gasteiger partial charge in [-0.2, -0.15) is 0 Å². The predicted octanol–water partition coefficient (Wildman–Crippen LogP) is 3.66. The van der Waals surface area contributed by atoms with Gasteiger partial charge in [0.15, 0.2) is 6.10 Å². The fourth-order valence-corrected chi connectivity index (χ4v) is 1.94. The first-order valence-electron chi connectivity index (χ1n) is 6.76. The standard InChI is InChI=1S/C15H22ClNO2/c1-4-12(5-2)10-17-15(18)11(3)19-14-8-6-7-13(16)9-14/h6-9,11-12H,4-5,10H2,1-3H3,(H,17,18). The average molecular weight is 284 g/mol. The molecule has 1 atom stereocenters. The number of hydrogen-bond acceptors (Lipinski definition) is 2. The molecule has 1 rings (SSSR count). The first kappa shape index (κ1) is 15.8. The van der Waals surface area contributed by atoms with E-state index in [2.05, 4.69) is 19.2 Å². The molecular weight excluding hydrogens is 262 g/mol. The minimum Gasteiger partial charge on any atom is -0.481 e. The highest BCUT2D eigenvalue weighted by Gasteiger charge is 2.15. The van der Waals surface area contributed by atoms with Crippen molar-refractivity contribution in [3.8, 4) is 5.75 Å². The summed E-state index contributed by atoms with van der Waals surface area (Å²) in [5.41, 5.74) is 0. The highest BCUT2D eigenvalue weighted by atomic mass is 35.5. The maximum Gasteiger partial charge on any atom is 0.260 e. The van der Waals surface area contributed by atoms with E-state index in [0.717, 1.165) is 12.8 Å². The Labute approximate surface area is 120 Å². The van der Waals surface area contributed by atoms with Gasteiger partial charge < -0.3 is 10.1 Å². The van der Waals surface area contributed by atoms with E-state index in [4.69, 9.17) is 16.3 Å². The van der Waals surface area contributed by atoms with Crippen LogP contribution >= 0.6 is 11.6 Å². The van der Waals surface area contributed by atoms with Gasteiger partial charge in [0, 0.05) is 11.6 Å². The van der Waals surface area contributed by atoms with Crippen molar-refractivity contribution in [2.45, 2.75) is 39.7 Å². The molecule has 0 radical (unpaired) electrons. The monoisotopic (exact) mass is 283 g/mol. The SMILES string of the molecule is CCC(CC)CNC(=O)C(C)Oc1cccc(Cl)c1. The number of amides is 1. The zero-order valence-electron chi connectivity index (χ0n) is 11.8. The molecule has 1 amide bonds. The Kier molecular flexibility index (Phi) is 6.71. The predicted molar refractivity (Wildman–Crippen MR) is 78.6 cm³/mol. The van der Waals surface area contributed by atoms with E-state index >= 15 is 0 Å². The fraction of sp³-hybridized carbons (Fsp3) is 0.533. The lowest BCUT2D eigenvalue weighted by atomic mass is 10.0. The normalized spacial score (nSPS) is 12.3. The minimum absolute atomic E-state index is 0.0909. The van der Waals surface area contributed by atoms with Crippen molar-refractivity contribution in [1.82, 2.24) is 5.32 Å². The van der Waals surface area contributed by atoms with Crippen molar-refractivity contribution in [2.75, 3.05) is 6.54 Å². The molecule has 1 aromatic carbocycles. The van der Waals surface area contributed by atoms with Gasteiger partial charge in [0.05, 0.1) is 0 Å². The molecule has 0 spiro atoms. The highest BCUT2D eigenvalue weighted by Crippen LogP contribution is 2.18. The lowest BCUT2D eigenvalue weighted by Gasteiger charge is -2.17. The van der Waals surface area contributed by atoms with Crippen LogP contribution in [0.2, 0.25) is 5.02 Å². The number of nitrogens with one attached hydrogen (secondary N) is 1. The topological polar surface area (TPSA) is 38.3 Å². The van der Waals surface area contributed by atoms with E-state index in [1.54, 1.807) is 31.2 Å². The molecule has 4 heteroatoms. The summed E-state index contributed by atoms with van der Waals surface area (Å²) < 4.78 is 5.56. The first-order chi connectivity index (χ1) is 9.06. The van der Waals surface area contributed by atoms with Crippen LogP contribution < -0.4 is 10.1 Å². The summed E-state index contributed by atoms with van der Waals surface area (Å²) >= 11 is 5.87. The third-order valence-electron chi connectivity index (χ3n) is 3.20. The molecule has 106 valence electrons. The number of benzene rings is 1. The van der Waals surface area contributed by atoms with E-state index in [9.17, 15) is 4.79 Å². The maximum atomic E-state index is 11.9. The van der Waals surface area contributed by atoms with Crippen LogP contribution in [0.25, 0.3) is 0 Å². The van der Waals surface area contributed by atoms with Crippen LogP contribution in [0.1, 0.15) is 33.6 Å². The van der Waals surface area contributed by atoms with Gasteiger partial charge in [0.25, 0.3) is 5.91 Å². The average Bonchev–Trinajstić information content (AvgIpc) is 2.39. The van der Waals surface area contributed by atoms with Gasteiger partial charge in [-0.1, -0.05) is 44.4 Å². The molecule has 0 bridgehead atoms. The van der Waals surface area contributed by atoms with Crippen LogP contribution in [0.3, 0.4) is 0 Å². The molecule has 19 heavy (non-hydrogen) atoms. The van der Waals surface area contributed by atoms with Crippen molar-refractivity contribution < 1.29 is 9.53 Å². The number of ether oxygens (including phenoxy) is 1. The van der Waals surface area contributed by atoms with Gasteiger partial charge in [0.2, 0.25) is 0 Å². The summed E-state index contributed by atoms with van der Waals surface area (Å²) in [5.74, 6) is 1.05. The van der Waals surface area contributed by atoms with Gasteiger partial charge in [-0.15, -0.1) is 0 Å². The number of halogens is 1. The quantitative estimate of drug-likeness (QED) is 0.829. The van der Waals surface area contributed by atoms with Crippen LogP contribution in [0.4, 0.5) is 0 Å². The van der Waals surface area contributed by atoms with Crippen LogP contribution in [0.5, 0.6) is 5.75 Å². The second-order valence-corrected chi connectivity index (χ2v) is 5.08. The Balaban J connectivity index is 2.44. The second-order valence-electron chi connectivity index (χ2n) is 4.65. The summed E-state index contributed by atoms with van der Waals surface area (Å²) in [5, 5.41) is 3.52. The molecule has 0 aliphatic carbocycles. The molecule has 1 unspecified atom stereocenters. The Morgan fingerprint density at radius 3 is 2.63 bits per heavy atom. The van der Waals surface area contributed by atoms with Crippen molar-refractivity contribution >= 4 is 17.5 Å². The van der Waals surface area contributed by atoms with Crippen LogP contribution in [0.15, 0.2) is 24.3 Å². The molecule has 3 nitrogen and oxygen atoms in total. The van der Waals surface area contributed by atoms with Crippen molar-refractivity contribution in [3.63, 3.8) is 0 Å². The molecule has 0 aliphatic rings. The van der Waals surface area contributed by atoms with E-state index in [0.29, 0.717) is 23.2 Å². The number of carbonyl (C=O) groups is 1. The number of hydrogen-bond donors (Lipinski definition) is 1. The third-order valence-corrected chi connectivity index (χ3v) is 3.43. The smallest absolute Gasteiger partial charge is 0.260 e. The number of carbonyl (C=O) groups excluding carboxylic acids is 1. The molecule has 0 aromatic heterocycles. The first-order valence-corrected chi connectivity index (χ1v) is 7.14. The molecule has 0 saturated carbocycles. The third kappa shape index (κ3) is 5.52. The van der Waals surface area contributed by atoms with Crippen molar-refractivity contribution in [3.05, 3.63) is 29.3 Å². The molecule has 0 aliphatic heterocycles. The Morgan fingerprint density at radius 2 is 2.05 bits per heavy atom. The van der Waals surface area contributed by atoms with E-state index in [1.807, 2.05) is 0 Å². The van der Waals surface area contributed by atoms with Crippen LogP contribution in [-0.4, -0.2) is 18.6 Å². The van der Waals surface area contributed by atoms with Gasteiger partial charge in [-0.3, -0.25) is 4.79 Å². The summed E-state index contributed by atoms with van der Waals surface area (Å²) in [6.45, 7) is 6.71. The zero-order valence-corrected chi connectivity index (χ0v) is 12.5. The van der Waals surface area contributed by atoms with E-state index < -0.39 is 6.10 Å². The van der Waals surface area contributed by atoms with Gasteiger partial charge >= 0.3 is 0 Å². The Bertz CT molecular complexity index is 405. The lowest BCUT2D eigenvalue weighted by Crippen LogP contribution is -2.38. The van der Waals surface area contributed by atoms with Crippen molar-refractivity contribution in [1.29, 1.82) is 0 Å². The molecular formula is C15H22ClNO2. The highest BCUT2D eigenvalue weighted by molar-refractivity contribution is 6.30. The Morgan fingerprint density at radius 1 is 1.37 bits per heavy atom. The zero-order chi connectivity index (χ0) is 14.3. The minimum atomic E-state index is -0.521. The van der Waals surface area contributed by atoms with Gasteiger partial charge in [-0.25, -0.2) is 0 Å². The number of rotatable bonds is 7. The molecule has 1 aromatic rings. The van der Waals surface area contributed by atoms with Crippen molar-refractivity contribution in [2.24, 2.45) is 5.92 Å². The van der Waals surface area contributed by atoms with E-state index in [1.165, 1.54) is 0 Å².